The summed E-state index contributed by atoms with van der Waals surface area (Å²) in [4.78, 5) is 11.2. The summed E-state index contributed by atoms with van der Waals surface area (Å²) in [6.45, 7) is 1.84. The van der Waals surface area contributed by atoms with Crippen LogP contribution in [0.3, 0.4) is 0 Å². The molecule has 0 bridgehead atoms. The second-order valence-corrected chi connectivity index (χ2v) is 4.64. The summed E-state index contributed by atoms with van der Waals surface area (Å²) in [6, 6.07) is 9.68. The van der Waals surface area contributed by atoms with Gasteiger partial charge in [-0.25, -0.2) is 0 Å². The Morgan fingerprint density at radius 2 is 2.12 bits per heavy atom. The van der Waals surface area contributed by atoms with Crippen LogP contribution < -0.4 is 5.32 Å². The number of amidine groups is 1. The Kier molecular flexibility index (Phi) is 3.36. The van der Waals surface area contributed by atoms with Crippen LogP contribution in [0.4, 0.5) is 0 Å². The minimum atomic E-state index is -0.0781. The first-order valence-electron chi connectivity index (χ1n) is 4.89. The minimum Gasteiger partial charge on any atom is -0.303 e. The molecule has 1 aromatic carbocycles. The molecular weight excluding hydrogens is 222 g/mol. The largest absolute Gasteiger partial charge is 0.303 e. The summed E-state index contributed by atoms with van der Waals surface area (Å²) in [6.07, 6.45) is 1.66. The Morgan fingerprint density at radius 1 is 1.38 bits per heavy atom. The smallest absolute Gasteiger partial charge is 0.239 e. The third kappa shape index (κ3) is 2.70. The molecule has 2 rings (SSSR count). The highest BCUT2D eigenvalue weighted by molar-refractivity contribution is 8.15. The number of carbonyl (C=O) groups is 1. The van der Waals surface area contributed by atoms with Crippen molar-refractivity contribution >= 4 is 29.1 Å². The van der Waals surface area contributed by atoms with E-state index in [2.05, 4.69) is 15.5 Å². The Balaban J connectivity index is 2.00. The first-order valence-corrected chi connectivity index (χ1v) is 5.77. The van der Waals surface area contributed by atoms with Gasteiger partial charge in [0, 0.05) is 0 Å². The van der Waals surface area contributed by atoms with Crippen molar-refractivity contribution in [3.63, 3.8) is 0 Å². The first-order chi connectivity index (χ1) is 7.75. The molecule has 0 aliphatic carbocycles. The topological polar surface area (TPSA) is 53.8 Å². The summed E-state index contributed by atoms with van der Waals surface area (Å²) < 4.78 is 0. The van der Waals surface area contributed by atoms with Crippen LogP contribution in [0, 0.1) is 0 Å². The molecule has 82 valence electrons. The van der Waals surface area contributed by atoms with Gasteiger partial charge in [0.2, 0.25) is 5.91 Å². The molecule has 5 heteroatoms. The van der Waals surface area contributed by atoms with Gasteiger partial charge in [-0.15, -0.1) is 5.10 Å². The van der Waals surface area contributed by atoms with Crippen molar-refractivity contribution in [3.8, 4) is 0 Å². The normalized spacial score (nSPS) is 22.9. The summed E-state index contributed by atoms with van der Waals surface area (Å²) in [5.41, 5.74) is 0.981. The second-order valence-electron chi connectivity index (χ2n) is 3.31. The van der Waals surface area contributed by atoms with Crippen molar-refractivity contribution < 1.29 is 4.79 Å². The fraction of sp³-hybridized carbons (Fsp3) is 0.182. The maximum Gasteiger partial charge on any atom is 0.239 e. The van der Waals surface area contributed by atoms with Gasteiger partial charge in [-0.1, -0.05) is 42.1 Å². The fourth-order valence-corrected chi connectivity index (χ4v) is 1.95. The monoisotopic (exact) mass is 233 g/mol. The number of nitrogens with zero attached hydrogens (tertiary/aromatic N) is 2. The number of hydrogen-bond donors (Lipinski definition) is 1. The molecule has 1 saturated heterocycles. The van der Waals surface area contributed by atoms with Crippen molar-refractivity contribution in [2.75, 3.05) is 0 Å². The first kappa shape index (κ1) is 10.9. The maximum atomic E-state index is 11.2. The Morgan fingerprint density at radius 3 is 2.75 bits per heavy atom. The van der Waals surface area contributed by atoms with Gasteiger partial charge in [-0.2, -0.15) is 5.10 Å². The van der Waals surface area contributed by atoms with Gasteiger partial charge in [-0.3, -0.25) is 4.79 Å². The van der Waals surface area contributed by atoms with Gasteiger partial charge < -0.3 is 5.32 Å². The van der Waals surface area contributed by atoms with Crippen LogP contribution in [-0.4, -0.2) is 22.5 Å². The van der Waals surface area contributed by atoms with Crippen LogP contribution in [0.2, 0.25) is 0 Å². The molecule has 0 saturated carbocycles. The molecule has 1 aliphatic rings. The van der Waals surface area contributed by atoms with Crippen LogP contribution in [0.15, 0.2) is 40.5 Å². The van der Waals surface area contributed by atoms with E-state index in [0.29, 0.717) is 5.17 Å². The molecule has 1 amide bonds. The van der Waals surface area contributed by atoms with E-state index in [1.54, 1.807) is 6.21 Å². The highest BCUT2D eigenvalue weighted by Crippen LogP contribution is 2.18. The van der Waals surface area contributed by atoms with Crippen LogP contribution in [0.25, 0.3) is 0 Å². The number of benzene rings is 1. The number of rotatable bonds is 2. The molecule has 0 spiro atoms. The van der Waals surface area contributed by atoms with E-state index in [1.165, 1.54) is 11.8 Å². The maximum absolute atomic E-state index is 11.2. The molecule has 4 nitrogen and oxygen atoms in total. The molecule has 1 atom stereocenters. The van der Waals surface area contributed by atoms with Crippen LogP contribution >= 0.6 is 11.8 Å². The van der Waals surface area contributed by atoms with Crippen molar-refractivity contribution in [1.82, 2.24) is 5.32 Å². The zero-order valence-electron chi connectivity index (χ0n) is 8.75. The van der Waals surface area contributed by atoms with Gasteiger partial charge >= 0.3 is 0 Å². The quantitative estimate of drug-likeness (QED) is 0.623. The molecule has 16 heavy (non-hydrogen) atoms. The third-order valence-corrected chi connectivity index (χ3v) is 3.02. The standard InChI is InChI=1S/C11H11N3OS/c1-8-10(15)13-11(16-8)14-12-7-9-5-3-2-4-6-9/h2-8H,1H3,(H,13,14,15)/t8-/m1/s1. The molecule has 1 fully saturated rings. The Hall–Kier alpha value is -1.62. The van der Waals surface area contributed by atoms with Crippen LogP contribution in [-0.2, 0) is 4.79 Å². The number of amides is 1. The fourth-order valence-electron chi connectivity index (χ4n) is 1.19. The van der Waals surface area contributed by atoms with Gasteiger partial charge in [0.25, 0.3) is 0 Å². The third-order valence-electron chi connectivity index (χ3n) is 2.04. The van der Waals surface area contributed by atoms with Gasteiger partial charge in [0.1, 0.15) is 0 Å². The molecule has 1 heterocycles. The zero-order chi connectivity index (χ0) is 11.4. The molecular formula is C11H11N3OS. The highest BCUT2D eigenvalue weighted by Gasteiger charge is 2.25. The van der Waals surface area contributed by atoms with E-state index >= 15 is 0 Å². The lowest BCUT2D eigenvalue weighted by Crippen LogP contribution is -2.23. The molecule has 1 aliphatic heterocycles. The SMILES string of the molecule is C[C@H]1S/C(=N\N=Cc2ccccc2)NC1=O. The minimum absolute atomic E-state index is 0.0151. The molecule has 0 radical (unpaired) electrons. The van der Waals surface area contributed by atoms with Crippen molar-refractivity contribution in [3.05, 3.63) is 35.9 Å². The lowest BCUT2D eigenvalue weighted by Gasteiger charge is -1.90. The number of hydrogen-bond acceptors (Lipinski definition) is 4. The van der Waals surface area contributed by atoms with Crippen LogP contribution in [0.5, 0.6) is 0 Å². The summed E-state index contributed by atoms with van der Waals surface area (Å²) >= 11 is 1.38. The summed E-state index contributed by atoms with van der Waals surface area (Å²) in [5.74, 6) is -0.0151. The van der Waals surface area contributed by atoms with Crippen molar-refractivity contribution in [2.24, 2.45) is 10.2 Å². The molecule has 0 aromatic heterocycles. The Labute approximate surface area is 97.8 Å². The van der Waals surface area contributed by atoms with Gasteiger partial charge in [-0.05, 0) is 12.5 Å². The van der Waals surface area contributed by atoms with E-state index in [1.807, 2.05) is 37.3 Å². The van der Waals surface area contributed by atoms with Gasteiger partial charge in [0.15, 0.2) is 5.17 Å². The number of thioether (sulfide) groups is 1. The lowest BCUT2D eigenvalue weighted by atomic mass is 10.2. The summed E-state index contributed by atoms with van der Waals surface area (Å²) in [7, 11) is 0. The number of carbonyl (C=O) groups excluding carboxylic acids is 1. The Bertz CT molecular complexity index is 442. The predicted molar refractivity (Wildman–Crippen MR) is 66.7 cm³/mol. The molecule has 1 N–H and O–H groups in total. The van der Waals surface area contributed by atoms with E-state index < -0.39 is 0 Å². The zero-order valence-corrected chi connectivity index (χ0v) is 9.57. The molecule has 1 aromatic rings. The summed E-state index contributed by atoms with van der Waals surface area (Å²) in [5, 5.41) is 11.0. The average Bonchev–Trinajstić information content (AvgIpc) is 2.60. The van der Waals surface area contributed by atoms with Crippen molar-refractivity contribution in [1.29, 1.82) is 0 Å². The molecule has 0 unspecified atom stereocenters. The average molecular weight is 233 g/mol. The second kappa shape index (κ2) is 4.94. The highest BCUT2D eigenvalue weighted by atomic mass is 32.2. The predicted octanol–water partition coefficient (Wildman–Crippen LogP) is 1.63. The van der Waals surface area contributed by atoms with Crippen LogP contribution in [0.1, 0.15) is 12.5 Å². The van der Waals surface area contributed by atoms with E-state index in [-0.39, 0.29) is 11.2 Å². The van der Waals surface area contributed by atoms with E-state index in [9.17, 15) is 4.79 Å². The number of nitrogens with one attached hydrogen (secondary N) is 1. The van der Waals surface area contributed by atoms with E-state index in [0.717, 1.165) is 5.56 Å². The van der Waals surface area contributed by atoms with Gasteiger partial charge in [0.05, 0.1) is 11.5 Å². The van der Waals surface area contributed by atoms with E-state index in [4.69, 9.17) is 0 Å². The van der Waals surface area contributed by atoms with Crippen molar-refractivity contribution in [2.45, 2.75) is 12.2 Å². The lowest BCUT2D eigenvalue weighted by molar-refractivity contribution is -0.118.